The highest BCUT2D eigenvalue weighted by Crippen LogP contribution is 2.25. The number of carbonyl (C=O) groups is 3. The smallest absolute Gasteiger partial charge is 0.326 e. The number of benzene rings is 2. The molecule has 0 spiro atoms. The molecule has 0 aliphatic heterocycles. The van der Waals surface area contributed by atoms with Crippen molar-refractivity contribution in [1.29, 1.82) is 0 Å². The van der Waals surface area contributed by atoms with Crippen LogP contribution >= 0.6 is 46.4 Å². The summed E-state index contributed by atoms with van der Waals surface area (Å²) in [6, 6.07) is 6.75. The van der Waals surface area contributed by atoms with Gasteiger partial charge in [0.2, 0.25) is 0 Å². The van der Waals surface area contributed by atoms with Crippen molar-refractivity contribution in [3.8, 4) is 0 Å². The predicted octanol–water partition coefficient (Wildman–Crippen LogP) is 5.48. The fourth-order valence-electron chi connectivity index (χ4n) is 2.41. The molecule has 0 fully saturated rings. The first-order chi connectivity index (χ1) is 14.7. The molecule has 0 saturated heterocycles. The maximum absolute atomic E-state index is 12.1. The van der Waals surface area contributed by atoms with Gasteiger partial charge in [0.1, 0.15) is 6.04 Å². The Morgan fingerprint density at radius 3 is 1.81 bits per heavy atom. The molecule has 31 heavy (non-hydrogen) atoms. The van der Waals surface area contributed by atoms with Crippen molar-refractivity contribution in [1.82, 2.24) is 10.6 Å². The minimum atomic E-state index is -1.20. The highest BCUT2D eigenvalue weighted by Gasteiger charge is 2.19. The van der Waals surface area contributed by atoms with Gasteiger partial charge in [-0.15, -0.1) is 0 Å². The van der Waals surface area contributed by atoms with Gasteiger partial charge in [0, 0.05) is 17.9 Å². The highest BCUT2D eigenvalue weighted by molar-refractivity contribution is 6.42. The number of anilines is 2. The number of hydrogen-bond acceptors (Lipinski definition) is 3. The van der Waals surface area contributed by atoms with E-state index in [0.29, 0.717) is 32.9 Å². The van der Waals surface area contributed by atoms with Crippen molar-refractivity contribution >= 4 is 75.8 Å². The molecule has 0 aliphatic carbocycles. The molecule has 1 atom stereocenters. The van der Waals surface area contributed by atoms with Crippen LogP contribution in [0.15, 0.2) is 36.4 Å². The van der Waals surface area contributed by atoms with Gasteiger partial charge in [0.25, 0.3) is 0 Å². The average Bonchev–Trinajstić information content (AvgIpc) is 2.69. The number of aliphatic carboxylic acids is 1. The van der Waals surface area contributed by atoms with Crippen molar-refractivity contribution in [2.45, 2.75) is 18.9 Å². The topological polar surface area (TPSA) is 120 Å². The highest BCUT2D eigenvalue weighted by atomic mass is 35.5. The molecule has 0 heterocycles. The van der Waals surface area contributed by atoms with Crippen molar-refractivity contribution in [3.63, 3.8) is 0 Å². The summed E-state index contributed by atoms with van der Waals surface area (Å²) in [6.45, 7) is 0.188. The summed E-state index contributed by atoms with van der Waals surface area (Å²) in [5.74, 6) is -1.20. The van der Waals surface area contributed by atoms with E-state index >= 15 is 0 Å². The molecule has 0 bridgehead atoms. The van der Waals surface area contributed by atoms with E-state index in [0.717, 1.165) is 0 Å². The Balaban J connectivity index is 1.76. The average molecular weight is 508 g/mol. The van der Waals surface area contributed by atoms with E-state index in [1.165, 1.54) is 24.3 Å². The van der Waals surface area contributed by atoms with Gasteiger partial charge in [-0.3, -0.25) is 0 Å². The number of carboxylic acid groups (broad SMARTS) is 1. The third-order valence-corrected chi connectivity index (χ3v) is 5.39. The van der Waals surface area contributed by atoms with Crippen LogP contribution in [0.3, 0.4) is 0 Å². The number of nitrogens with one attached hydrogen (secondary N) is 4. The molecule has 4 amide bonds. The Bertz CT molecular complexity index is 974. The molecule has 0 unspecified atom stereocenters. The van der Waals surface area contributed by atoms with E-state index in [1.54, 1.807) is 12.1 Å². The summed E-state index contributed by atoms with van der Waals surface area (Å²) >= 11 is 23.4. The van der Waals surface area contributed by atoms with Gasteiger partial charge in [-0.25, -0.2) is 14.4 Å². The summed E-state index contributed by atoms with van der Waals surface area (Å²) in [6.07, 6.45) is 0.399. The van der Waals surface area contributed by atoms with E-state index < -0.39 is 24.1 Å². The fourth-order valence-corrected chi connectivity index (χ4v) is 3.01. The van der Waals surface area contributed by atoms with E-state index in [4.69, 9.17) is 46.4 Å². The molecule has 2 rings (SSSR count). The summed E-state index contributed by atoms with van der Waals surface area (Å²) in [5, 5.41) is 20.6. The zero-order chi connectivity index (χ0) is 23.0. The normalized spacial score (nSPS) is 11.4. The van der Waals surface area contributed by atoms with Crippen LogP contribution in [0.25, 0.3) is 0 Å². The molecule has 5 N–H and O–H groups in total. The second kappa shape index (κ2) is 11.9. The number of rotatable bonds is 8. The summed E-state index contributed by atoms with van der Waals surface area (Å²) in [4.78, 5) is 35.4. The summed E-state index contributed by atoms with van der Waals surface area (Å²) in [7, 11) is 0. The Morgan fingerprint density at radius 1 is 0.806 bits per heavy atom. The van der Waals surface area contributed by atoms with Crippen molar-refractivity contribution < 1.29 is 19.5 Å². The molecule has 0 saturated carbocycles. The van der Waals surface area contributed by atoms with Gasteiger partial charge in [-0.1, -0.05) is 46.4 Å². The monoisotopic (exact) mass is 506 g/mol. The van der Waals surface area contributed by atoms with E-state index in [2.05, 4.69) is 21.3 Å². The molecule has 8 nitrogen and oxygen atoms in total. The predicted molar refractivity (Wildman–Crippen MR) is 123 cm³/mol. The van der Waals surface area contributed by atoms with Gasteiger partial charge < -0.3 is 26.4 Å². The largest absolute Gasteiger partial charge is 0.480 e. The van der Waals surface area contributed by atoms with Crippen molar-refractivity contribution in [3.05, 3.63) is 56.5 Å². The Kier molecular flexibility index (Phi) is 9.51. The lowest BCUT2D eigenvalue weighted by Crippen LogP contribution is -2.43. The first kappa shape index (κ1) is 24.9. The Labute approximate surface area is 198 Å². The first-order valence-corrected chi connectivity index (χ1v) is 10.4. The molecule has 12 heteroatoms. The quantitative estimate of drug-likeness (QED) is 0.304. The molecule has 166 valence electrons. The fraction of sp³-hybridized carbons (Fsp3) is 0.211. The third-order valence-electron chi connectivity index (χ3n) is 3.91. The van der Waals surface area contributed by atoms with Crippen LogP contribution in [-0.4, -0.2) is 35.7 Å². The van der Waals surface area contributed by atoms with E-state index in [-0.39, 0.29) is 18.0 Å². The minimum Gasteiger partial charge on any atom is -0.480 e. The van der Waals surface area contributed by atoms with Crippen LogP contribution in [0.1, 0.15) is 12.8 Å². The molecule has 2 aromatic rings. The van der Waals surface area contributed by atoms with Gasteiger partial charge in [0.15, 0.2) is 0 Å². The van der Waals surface area contributed by atoms with Crippen LogP contribution in [0.4, 0.5) is 21.0 Å². The van der Waals surface area contributed by atoms with Crippen LogP contribution in [0, 0.1) is 0 Å². The van der Waals surface area contributed by atoms with Gasteiger partial charge >= 0.3 is 18.0 Å². The Morgan fingerprint density at radius 2 is 1.32 bits per heavy atom. The standard InChI is InChI=1S/C19H18Cl4N4O4/c20-12-5-3-10(8-14(12)22)25-18(30)24-7-1-2-16(17(28)29)27-19(31)26-11-4-6-13(21)15(23)9-11/h3-6,8-9,16H,1-2,7H2,(H,28,29)(H2,24,25,30)(H2,26,27,31)/t16-/m1/s1. The number of carboxylic acids is 1. The number of amides is 4. The number of carbonyl (C=O) groups excluding carboxylic acids is 2. The number of hydrogen-bond donors (Lipinski definition) is 5. The number of halogens is 4. The number of urea groups is 2. The molecular weight excluding hydrogens is 490 g/mol. The van der Waals surface area contributed by atoms with E-state index in [1.807, 2.05) is 0 Å². The maximum atomic E-state index is 12.1. The van der Waals surface area contributed by atoms with Crippen LogP contribution < -0.4 is 21.3 Å². The zero-order valence-corrected chi connectivity index (χ0v) is 18.9. The van der Waals surface area contributed by atoms with Gasteiger partial charge in [-0.2, -0.15) is 0 Å². The Hall–Kier alpha value is -2.39. The SMILES string of the molecule is O=C(NCCC[C@@H](NC(=O)Nc1ccc(Cl)c(Cl)c1)C(=O)O)Nc1ccc(Cl)c(Cl)c1. The lowest BCUT2D eigenvalue weighted by molar-refractivity contribution is -0.139. The van der Waals surface area contributed by atoms with Gasteiger partial charge in [0.05, 0.1) is 20.1 Å². The second-order valence-electron chi connectivity index (χ2n) is 6.27. The molecule has 0 aromatic heterocycles. The third kappa shape index (κ3) is 8.34. The molecule has 0 aliphatic rings. The second-order valence-corrected chi connectivity index (χ2v) is 7.90. The van der Waals surface area contributed by atoms with Crippen molar-refractivity contribution in [2.24, 2.45) is 0 Å². The lowest BCUT2D eigenvalue weighted by Gasteiger charge is -2.16. The summed E-state index contributed by atoms with van der Waals surface area (Å²) in [5.41, 5.74) is 0.813. The molecule has 0 radical (unpaired) electrons. The first-order valence-electron chi connectivity index (χ1n) is 8.91. The van der Waals surface area contributed by atoms with Crippen LogP contribution in [-0.2, 0) is 4.79 Å². The maximum Gasteiger partial charge on any atom is 0.326 e. The zero-order valence-electron chi connectivity index (χ0n) is 15.8. The van der Waals surface area contributed by atoms with E-state index in [9.17, 15) is 19.5 Å². The van der Waals surface area contributed by atoms with Crippen LogP contribution in [0.5, 0.6) is 0 Å². The van der Waals surface area contributed by atoms with Crippen molar-refractivity contribution in [2.75, 3.05) is 17.2 Å². The van der Waals surface area contributed by atoms with Crippen LogP contribution in [0.2, 0.25) is 20.1 Å². The summed E-state index contributed by atoms with van der Waals surface area (Å²) < 4.78 is 0. The lowest BCUT2D eigenvalue weighted by atomic mass is 10.1. The van der Waals surface area contributed by atoms with Gasteiger partial charge in [-0.05, 0) is 49.2 Å². The molecular formula is C19H18Cl4N4O4. The minimum absolute atomic E-state index is 0.0944. The molecule has 2 aromatic carbocycles.